The number of piperidine rings is 1. The number of H-pyrrole nitrogens is 1. The van der Waals surface area contributed by atoms with Crippen molar-refractivity contribution in [1.29, 1.82) is 0 Å². The molecular formula is C26H27FN6O2. The minimum atomic E-state index is -0.285. The molecule has 4 aromatic rings. The van der Waals surface area contributed by atoms with Crippen molar-refractivity contribution in [3.63, 3.8) is 0 Å². The molecule has 1 aliphatic rings. The van der Waals surface area contributed by atoms with Gasteiger partial charge in [-0.25, -0.2) is 19.3 Å². The summed E-state index contributed by atoms with van der Waals surface area (Å²) in [6.07, 6.45) is 6.65. The standard InChI is InChI=1S/C26H27FN6O2/c1-15-10-16(7-9-33(15)2)20-5-4-19(12-21(20)27)31-24-23-17(6-8-28-25(23)34)11-22(32-24)18-13-29-26(35-3)30-14-18/h4-6,8,11-16H,7,9-10H2,1-3H3,(H,28,34)(H,31,32). The molecule has 2 N–H and O–H groups in total. The number of fused-ring (bicyclic) bond motifs is 1. The summed E-state index contributed by atoms with van der Waals surface area (Å²) in [7, 11) is 3.60. The Kier molecular flexibility index (Phi) is 6.17. The molecule has 35 heavy (non-hydrogen) atoms. The molecule has 9 heteroatoms. The van der Waals surface area contributed by atoms with Gasteiger partial charge in [-0.3, -0.25) is 4.79 Å². The van der Waals surface area contributed by atoms with E-state index >= 15 is 4.39 Å². The summed E-state index contributed by atoms with van der Waals surface area (Å²) < 4.78 is 20.2. The maximum Gasteiger partial charge on any atom is 0.316 e. The first-order valence-electron chi connectivity index (χ1n) is 11.6. The Hall–Kier alpha value is -3.85. The van der Waals surface area contributed by atoms with Crippen LogP contribution in [0.5, 0.6) is 6.01 Å². The van der Waals surface area contributed by atoms with Crippen LogP contribution in [0.3, 0.4) is 0 Å². The molecule has 0 saturated carbocycles. The zero-order chi connectivity index (χ0) is 24.5. The minimum absolute atomic E-state index is 0.190. The fourth-order valence-corrected chi connectivity index (χ4v) is 4.65. The molecule has 0 spiro atoms. The van der Waals surface area contributed by atoms with Gasteiger partial charge in [0.15, 0.2) is 0 Å². The van der Waals surface area contributed by atoms with Crippen molar-refractivity contribution in [3.8, 4) is 17.3 Å². The number of anilines is 2. The van der Waals surface area contributed by atoms with Crippen LogP contribution >= 0.6 is 0 Å². The van der Waals surface area contributed by atoms with Gasteiger partial charge in [0.25, 0.3) is 5.56 Å². The Morgan fingerprint density at radius 2 is 2.00 bits per heavy atom. The van der Waals surface area contributed by atoms with Crippen LogP contribution in [0, 0.1) is 5.82 Å². The molecule has 5 rings (SSSR count). The van der Waals surface area contributed by atoms with Crippen molar-refractivity contribution in [2.75, 3.05) is 26.0 Å². The van der Waals surface area contributed by atoms with Crippen LogP contribution in [0.4, 0.5) is 15.9 Å². The number of methoxy groups -OCH3 is 1. The largest absolute Gasteiger partial charge is 0.467 e. The summed E-state index contributed by atoms with van der Waals surface area (Å²) >= 11 is 0. The maximum absolute atomic E-state index is 15.2. The summed E-state index contributed by atoms with van der Waals surface area (Å²) in [6, 6.07) is 9.42. The van der Waals surface area contributed by atoms with E-state index in [1.807, 2.05) is 12.1 Å². The lowest BCUT2D eigenvalue weighted by molar-refractivity contribution is 0.181. The van der Waals surface area contributed by atoms with Crippen molar-refractivity contribution < 1.29 is 9.13 Å². The van der Waals surface area contributed by atoms with Gasteiger partial charge in [0.1, 0.15) is 11.6 Å². The molecule has 1 fully saturated rings. The van der Waals surface area contributed by atoms with Gasteiger partial charge < -0.3 is 19.9 Å². The van der Waals surface area contributed by atoms with Crippen LogP contribution in [0.15, 0.2) is 53.7 Å². The van der Waals surface area contributed by atoms with Gasteiger partial charge in [-0.05, 0) is 74.5 Å². The van der Waals surface area contributed by atoms with Crippen LogP contribution in [0.1, 0.15) is 31.2 Å². The third-order valence-corrected chi connectivity index (χ3v) is 6.77. The molecule has 2 atom stereocenters. The maximum atomic E-state index is 15.2. The van der Waals surface area contributed by atoms with Gasteiger partial charge in [0.2, 0.25) is 0 Å². The Balaban J connectivity index is 1.50. The molecule has 0 amide bonds. The first-order valence-corrected chi connectivity index (χ1v) is 11.6. The predicted molar refractivity (Wildman–Crippen MR) is 134 cm³/mol. The number of rotatable bonds is 5. The van der Waals surface area contributed by atoms with E-state index in [4.69, 9.17) is 4.74 Å². The minimum Gasteiger partial charge on any atom is -0.467 e. The highest BCUT2D eigenvalue weighted by atomic mass is 19.1. The van der Waals surface area contributed by atoms with Crippen molar-refractivity contribution in [2.45, 2.75) is 31.7 Å². The number of halogens is 1. The number of hydrogen-bond donors (Lipinski definition) is 2. The van der Waals surface area contributed by atoms with Crippen molar-refractivity contribution in [2.24, 2.45) is 0 Å². The Labute approximate surface area is 202 Å². The van der Waals surface area contributed by atoms with E-state index in [1.165, 1.54) is 13.2 Å². The number of likely N-dealkylation sites (tertiary alicyclic amines) is 1. The lowest BCUT2D eigenvalue weighted by Crippen LogP contribution is -2.37. The van der Waals surface area contributed by atoms with E-state index in [0.29, 0.717) is 39.6 Å². The lowest BCUT2D eigenvalue weighted by Gasteiger charge is -2.35. The summed E-state index contributed by atoms with van der Waals surface area (Å²) in [5.74, 6) is 0.264. The third kappa shape index (κ3) is 4.59. The molecular weight excluding hydrogens is 447 g/mol. The van der Waals surface area contributed by atoms with E-state index < -0.39 is 0 Å². The SMILES string of the molecule is COc1ncc(-c2cc3cc[nH]c(=O)c3c(Nc3ccc(C4CCN(C)C(C)C4)c(F)c3)n2)cn1. The molecule has 4 heterocycles. The fourth-order valence-electron chi connectivity index (χ4n) is 4.65. The molecule has 0 aliphatic carbocycles. The molecule has 0 bridgehead atoms. The molecule has 1 aromatic carbocycles. The molecule has 0 radical (unpaired) electrons. The smallest absolute Gasteiger partial charge is 0.316 e. The van der Waals surface area contributed by atoms with Gasteiger partial charge >= 0.3 is 6.01 Å². The monoisotopic (exact) mass is 474 g/mol. The highest BCUT2D eigenvalue weighted by Crippen LogP contribution is 2.34. The number of ether oxygens (including phenoxy) is 1. The number of nitrogens with one attached hydrogen (secondary N) is 2. The van der Waals surface area contributed by atoms with E-state index in [-0.39, 0.29) is 23.3 Å². The second kappa shape index (κ2) is 9.42. The normalized spacial score (nSPS) is 18.5. The number of pyridine rings is 2. The summed E-state index contributed by atoms with van der Waals surface area (Å²) in [5, 5.41) is 4.24. The topological polar surface area (TPSA) is 96.0 Å². The number of aromatic amines is 1. The highest BCUT2D eigenvalue weighted by Gasteiger charge is 2.26. The van der Waals surface area contributed by atoms with Crippen molar-refractivity contribution >= 4 is 22.3 Å². The number of nitrogens with zero attached hydrogens (tertiary/aromatic N) is 4. The zero-order valence-electron chi connectivity index (χ0n) is 19.9. The van der Waals surface area contributed by atoms with E-state index in [9.17, 15) is 4.79 Å². The molecule has 3 aromatic heterocycles. The van der Waals surface area contributed by atoms with Crippen molar-refractivity contribution in [3.05, 3.63) is 70.7 Å². The van der Waals surface area contributed by atoms with Gasteiger partial charge in [-0.15, -0.1) is 0 Å². The average molecular weight is 475 g/mol. The van der Waals surface area contributed by atoms with Crippen LogP contribution in [-0.2, 0) is 0 Å². The first-order chi connectivity index (χ1) is 16.9. The van der Waals surface area contributed by atoms with Gasteiger partial charge in [-0.1, -0.05) is 6.07 Å². The molecule has 1 aliphatic heterocycles. The van der Waals surface area contributed by atoms with Crippen LogP contribution in [0.25, 0.3) is 22.0 Å². The number of hydrogen-bond acceptors (Lipinski definition) is 7. The van der Waals surface area contributed by atoms with E-state index in [2.05, 4.69) is 44.1 Å². The Morgan fingerprint density at radius 1 is 1.20 bits per heavy atom. The number of aromatic nitrogens is 4. The quantitative estimate of drug-likeness (QED) is 0.441. The molecule has 180 valence electrons. The summed E-state index contributed by atoms with van der Waals surface area (Å²) in [5.41, 5.74) is 2.20. The van der Waals surface area contributed by atoms with E-state index in [1.54, 1.807) is 30.7 Å². The molecule has 2 unspecified atom stereocenters. The van der Waals surface area contributed by atoms with Gasteiger partial charge in [0, 0.05) is 35.9 Å². The summed E-state index contributed by atoms with van der Waals surface area (Å²) in [6.45, 7) is 3.13. The summed E-state index contributed by atoms with van der Waals surface area (Å²) in [4.78, 5) is 30.6. The second-order valence-electron chi connectivity index (χ2n) is 9.00. The first kappa shape index (κ1) is 22.9. The zero-order valence-corrected chi connectivity index (χ0v) is 19.9. The number of benzene rings is 1. The van der Waals surface area contributed by atoms with Crippen LogP contribution in [-0.4, -0.2) is 51.6 Å². The van der Waals surface area contributed by atoms with Crippen LogP contribution in [0.2, 0.25) is 0 Å². The van der Waals surface area contributed by atoms with Gasteiger partial charge in [-0.2, -0.15) is 0 Å². The van der Waals surface area contributed by atoms with Crippen molar-refractivity contribution in [1.82, 2.24) is 24.8 Å². The van der Waals surface area contributed by atoms with E-state index in [0.717, 1.165) is 24.9 Å². The fraction of sp³-hybridized carbons (Fsp3) is 0.308. The van der Waals surface area contributed by atoms with Gasteiger partial charge in [0.05, 0.1) is 18.2 Å². The molecule has 1 saturated heterocycles. The second-order valence-corrected chi connectivity index (χ2v) is 9.00. The highest BCUT2D eigenvalue weighted by molar-refractivity contribution is 5.95. The third-order valence-electron chi connectivity index (χ3n) is 6.77. The average Bonchev–Trinajstić information content (AvgIpc) is 2.86. The Morgan fingerprint density at radius 3 is 2.71 bits per heavy atom. The lowest BCUT2D eigenvalue weighted by atomic mass is 9.85. The van der Waals surface area contributed by atoms with Crippen LogP contribution < -0.4 is 15.6 Å². The molecule has 8 nitrogen and oxygen atoms in total. The predicted octanol–water partition coefficient (Wildman–Crippen LogP) is 4.47. The Bertz CT molecular complexity index is 1420.